The maximum absolute atomic E-state index is 12.9. The van der Waals surface area contributed by atoms with Gasteiger partial charge in [0.15, 0.2) is 0 Å². The van der Waals surface area contributed by atoms with Gasteiger partial charge in [-0.15, -0.1) is 13.2 Å². The summed E-state index contributed by atoms with van der Waals surface area (Å²) in [5.41, 5.74) is 0.854. The van der Waals surface area contributed by atoms with E-state index in [0.29, 0.717) is 23.5 Å². The predicted octanol–water partition coefficient (Wildman–Crippen LogP) is 3.50. The van der Waals surface area contributed by atoms with Crippen LogP contribution in [0.25, 0.3) is 0 Å². The van der Waals surface area contributed by atoms with Crippen LogP contribution in [0.5, 0.6) is 5.75 Å². The number of hydrogen-bond acceptors (Lipinski definition) is 5. The van der Waals surface area contributed by atoms with E-state index in [-0.39, 0.29) is 11.7 Å². The van der Waals surface area contributed by atoms with Gasteiger partial charge in [0.25, 0.3) is 0 Å². The number of ether oxygens (including phenoxy) is 2. The first-order valence-corrected chi connectivity index (χ1v) is 10.1. The van der Waals surface area contributed by atoms with E-state index < -0.39 is 36.9 Å². The van der Waals surface area contributed by atoms with Gasteiger partial charge in [-0.2, -0.15) is 0 Å². The zero-order valence-corrected chi connectivity index (χ0v) is 16.6. The number of aliphatic hydroxyl groups is 3. The summed E-state index contributed by atoms with van der Waals surface area (Å²) >= 11 is 0. The number of aliphatic hydroxyl groups excluding tert-OH is 3. The molecule has 164 valence electrons. The second kappa shape index (κ2) is 8.79. The van der Waals surface area contributed by atoms with E-state index in [1.54, 1.807) is 13.0 Å². The van der Waals surface area contributed by atoms with Crippen molar-refractivity contribution in [3.8, 4) is 5.75 Å². The molecule has 1 saturated carbocycles. The van der Waals surface area contributed by atoms with Crippen molar-refractivity contribution in [3.63, 3.8) is 0 Å². The zero-order valence-electron chi connectivity index (χ0n) is 16.6. The molecule has 3 N–H and O–H groups in total. The molecule has 3 rings (SSSR count). The molecule has 0 unspecified atom stereocenters. The smallest absolute Gasteiger partial charge is 0.406 e. The van der Waals surface area contributed by atoms with Crippen molar-refractivity contribution in [1.82, 2.24) is 0 Å². The Balaban J connectivity index is 1.87. The molecule has 2 fully saturated rings. The Hall–Kier alpha value is -1.35. The first kappa shape index (κ1) is 22.3. The maximum Gasteiger partial charge on any atom is 0.573 e. The number of benzene rings is 1. The van der Waals surface area contributed by atoms with Crippen LogP contribution in [-0.4, -0.2) is 46.1 Å². The van der Waals surface area contributed by atoms with Crippen LogP contribution < -0.4 is 4.74 Å². The van der Waals surface area contributed by atoms with Crippen molar-refractivity contribution in [3.05, 3.63) is 29.3 Å². The lowest BCUT2D eigenvalue weighted by molar-refractivity contribution is -0.275. The SMILES string of the molecule is CC1CCC(Cc2cc([C@@H]3O[C@H](C)[C@@H](O)[C@H](O)[C@H]3O)ccc2OC(F)(F)F)CC1. The van der Waals surface area contributed by atoms with Gasteiger partial charge in [-0.05, 0) is 61.3 Å². The standard InChI is InChI=1S/C21H29F3O5/c1-11-3-5-13(6-4-11)9-15-10-14(7-8-16(15)29-21(22,23)24)20-19(27)18(26)17(25)12(2)28-20/h7-8,10-13,17-20,25-27H,3-6,9H2,1-2H3/t11?,12-,13?,17-,18+,19-,20+/m1/s1. The highest BCUT2D eigenvalue weighted by Crippen LogP contribution is 2.38. The van der Waals surface area contributed by atoms with Gasteiger partial charge in [0.2, 0.25) is 0 Å². The van der Waals surface area contributed by atoms with E-state index in [0.717, 1.165) is 25.7 Å². The molecule has 29 heavy (non-hydrogen) atoms. The molecule has 1 aliphatic carbocycles. The summed E-state index contributed by atoms with van der Waals surface area (Å²) < 4.78 is 48.5. The molecule has 1 aromatic rings. The highest BCUT2D eigenvalue weighted by molar-refractivity contribution is 5.39. The fourth-order valence-electron chi connectivity index (χ4n) is 4.33. The molecular weight excluding hydrogens is 389 g/mol. The molecule has 1 aliphatic heterocycles. The van der Waals surface area contributed by atoms with Crippen molar-refractivity contribution < 1.29 is 38.0 Å². The second-order valence-corrected chi connectivity index (χ2v) is 8.48. The molecule has 5 atom stereocenters. The molecule has 1 heterocycles. The highest BCUT2D eigenvalue weighted by Gasteiger charge is 2.42. The summed E-state index contributed by atoms with van der Waals surface area (Å²) in [5, 5.41) is 30.3. The van der Waals surface area contributed by atoms with Crippen molar-refractivity contribution in [1.29, 1.82) is 0 Å². The molecule has 8 heteroatoms. The summed E-state index contributed by atoms with van der Waals surface area (Å²) in [4.78, 5) is 0. The lowest BCUT2D eigenvalue weighted by Crippen LogP contribution is -2.53. The van der Waals surface area contributed by atoms with Gasteiger partial charge in [-0.25, -0.2) is 0 Å². The van der Waals surface area contributed by atoms with Crippen LogP contribution in [0, 0.1) is 11.8 Å². The summed E-state index contributed by atoms with van der Waals surface area (Å²) in [5.74, 6) is 0.642. The average molecular weight is 418 g/mol. The highest BCUT2D eigenvalue weighted by atomic mass is 19.4. The molecular formula is C21H29F3O5. The summed E-state index contributed by atoms with van der Waals surface area (Å²) in [6, 6.07) is 4.20. The van der Waals surface area contributed by atoms with Crippen LogP contribution in [0.3, 0.4) is 0 Å². The molecule has 5 nitrogen and oxygen atoms in total. The van der Waals surface area contributed by atoms with Gasteiger partial charge >= 0.3 is 6.36 Å². The van der Waals surface area contributed by atoms with E-state index in [2.05, 4.69) is 11.7 Å². The lowest BCUT2D eigenvalue weighted by Gasteiger charge is -2.39. The topological polar surface area (TPSA) is 79.2 Å². The van der Waals surface area contributed by atoms with Gasteiger partial charge in [0.1, 0.15) is 30.2 Å². The van der Waals surface area contributed by atoms with Crippen molar-refractivity contribution >= 4 is 0 Å². The lowest BCUT2D eigenvalue weighted by atomic mass is 9.79. The van der Waals surface area contributed by atoms with Crippen LogP contribution in [0.2, 0.25) is 0 Å². The first-order chi connectivity index (χ1) is 13.5. The number of alkyl halides is 3. The normalized spacial score (nSPS) is 36.1. The Morgan fingerprint density at radius 3 is 2.28 bits per heavy atom. The fraction of sp³-hybridized carbons (Fsp3) is 0.714. The van der Waals surface area contributed by atoms with Crippen LogP contribution in [0.15, 0.2) is 18.2 Å². The van der Waals surface area contributed by atoms with Gasteiger partial charge in [0.05, 0.1) is 6.10 Å². The Kier molecular flexibility index (Phi) is 6.77. The van der Waals surface area contributed by atoms with Crippen molar-refractivity contribution in [2.45, 2.75) is 82.8 Å². The Morgan fingerprint density at radius 2 is 1.66 bits per heavy atom. The largest absolute Gasteiger partial charge is 0.573 e. The van der Waals surface area contributed by atoms with E-state index in [1.165, 1.54) is 12.1 Å². The minimum absolute atomic E-state index is 0.251. The molecule has 0 spiro atoms. The fourth-order valence-corrected chi connectivity index (χ4v) is 4.33. The molecule has 0 aromatic heterocycles. The molecule has 2 aliphatic rings. The average Bonchev–Trinajstić information content (AvgIpc) is 2.65. The van der Waals surface area contributed by atoms with E-state index in [4.69, 9.17) is 4.74 Å². The summed E-state index contributed by atoms with van der Waals surface area (Å²) in [6.45, 7) is 3.75. The Labute approximate surface area is 168 Å². The maximum atomic E-state index is 12.9. The van der Waals surface area contributed by atoms with E-state index in [9.17, 15) is 28.5 Å². The van der Waals surface area contributed by atoms with Crippen molar-refractivity contribution in [2.24, 2.45) is 11.8 Å². The monoisotopic (exact) mass is 418 g/mol. The van der Waals surface area contributed by atoms with Crippen LogP contribution in [0.4, 0.5) is 13.2 Å². The van der Waals surface area contributed by atoms with E-state index in [1.807, 2.05) is 0 Å². The molecule has 1 saturated heterocycles. The quantitative estimate of drug-likeness (QED) is 0.698. The van der Waals surface area contributed by atoms with Crippen molar-refractivity contribution in [2.75, 3.05) is 0 Å². The minimum Gasteiger partial charge on any atom is -0.406 e. The van der Waals surface area contributed by atoms with Gasteiger partial charge in [-0.1, -0.05) is 25.8 Å². The first-order valence-electron chi connectivity index (χ1n) is 10.1. The number of rotatable bonds is 4. The number of hydrogen-bond donors (Lipinski definition) is 3. The van der Waals surface area contributed by atoms with Crippen LogP contribution in [0.1, 0.15) is 56.8 Å². The summed E-state index contributed by atoms with van der Waals surface area (Å²) in [6.07, 6.45) is -6.08. The zero-order chi connectivity index (χ0) is 21.3. The Morgan fingerprint density at radius 1 is 1.00 bits per heavy atom. The third kappa shape index (κ3) is 5.42. The minimum atomic E-state index is -4.80. The van der Waals surface area contributed by atoms with Gasteiger partial charge in [0, 0.05) is 0 Å². The van der Waals surface area contributed by atoms with Crippen LogP contribution >= 0.6 is 0 Å². The van der Waals surface area contributed by atoms with Gasteiger partial charge in [-0.3, -0.25) is 0 Å². The molecule has 0 radical (unpaired) electrons. The third-order valence-corrected chi connectivity index (χ3v) is 6.13. The van der Waals surface area contributed by atoms with Gasteiger partial charge < -0.3 is 24.8 Å². The molecule has 0 bridgehead atoms. The summed E-state index contributed by atoms with van der Waals surface area (Å²) in [7, 11) is 0. The predicted molar refractivity (Wildman–Crippen MR) is 99.3 cm³/mol. The number of halogens is 3. The van der Waals surface area contributed by atoms with Crippen LogP contribution in [-0.2, 0) is 11.2 Å². The molecule has 1 aromatic carbocycles. The third-order valence-electron chi connectivity index (χ3n) is 6.13. The molecule has 0 amide bonds. The van der Waals surface area contributed by atoms with E-state index >= 15 is 0 Å². The second-order valence-electron chi connectivity index (χ2n) is 8.48. The Bertz CT molecular complexity index is 687.